The Labute approximate surface area is 128 Å². The third-order valence-electron chi connectivity index (χ3n) is 3.86. The fraction of sp³-hybridized carbons (Fsp3) is 0.500. The molecule has 0 spiro atoms. The van der Waals surface area contributed by atoms with Crippen molar-refractivity contribution in [1.82, 2.24) is 10.6 Å². The maximum absolute atomic E-state index is 4.74. The molecule has 0 heterocycles. The van der Waals surface area contributed by atoms with E-state index in [1.54, 1.807) is 0 Å². The largest absolute Gasteiger partial charge is 0.357 e. The zero-order valence-electron chi connectivity index (χ0n) is 13.4. The van der Waals surface area contributed by atoms with Gasteiger partial charge in [0.1, 0.15) is 0 Å². The summed E-state index contributed by atoms with van der Waals surface area (Å²) in [5, 5.41) is 6.85. The van der Waals surface area contributed by atoms with Crippen molar-refractivity contribution in [1.29, 1.82) is 0 Å². The highest BCUT2D eigenvalue weighted by Gasteiger charge is 2.12. The Hall–Kier alpha value is -1.77. The van der Waals surface area contributed by atoms with Gasteiger partial charge >= 0.3 is 0 Å². The molecule has 2 N–H and O–H groups in total. The lowest BCUT2D eigenvalue weighted by Gasteiger charge is -2.18. The van der Waals surface area contributed by atoms with E-state index in [2.05, 4.69) is 67.8 Å². The number of hydrogen-bond acceptors (Lipinski definition) is 1. The van der Waals surface area contributed by atoms with Crippen LogP contribution >= 0.6 is 0 Å². The second-order valence-corrected chi connectivity index (χ2v) is 5.82. The lowest BCUT2D eigenvalue weighted by atomic mass is 10.0. The average molecular weight is 285 g/mol. The predicted octanol–water partition coefficient (Wildman–Crippen LogP) is 3.37. The van der Waals surface area contributed by atoms with Crippen molar-refractivity contribution in [2.75, 3.05) is 13.1 Å². The van der Waals surface area contributed by atoms with Gasteiger partial charge in [0.05, 0.1) is 0 Å². The van der Waals surface area contributed by atoms with Gasteiger partial charge in [0.2, 0.25) is 0 Å². The molecule has 0 amide bonds. The van der Waals surface area contributed by atoms with E-state index in [-0.39, 0.29) is 0 Å². The van der Waals surface area contributed by atoms with Gasteiger partial charge in [-0.3, -0.25) is 4.99 Å². The summed E-state index contributed by atoms with van der Waals surface area (Å²) in [5.74, 6) is 1.37. The van der Waals surface area contributed by atoms with Crippen molar-refractivity contribution >= 4 is 5.96 Å². The average Bonchev–Trinajstić information content (AvgIpc) is 2.98. The molecule has 0 aromatic heterocycles. The maximum atomic E-state index is 4.74. The first-order valence-electron chi connectivity index (χ1n) is 7.95. The summed E-state index contributed by atoms with van der Waals surface area (Å²) in [6.45, 7) is 8.15. The molecular formula is C18H27N3. The molecule has 0 radical (unpaired) electrons. The highest BCUT2D eigenvalue weighted by molar-refractivity contribution is 5.80. The van der Waals surface area contributed by atoms with Crippen molar-refractivity contribution in [3.8, 4) is 0 Å². The van der Waals surface area contributed by atoms with E-state index >= 15 is 0 Å². The van der Waals surface area contributed by atoms with Gasteiger partial charge in [-0.05, 0) is 32.3 Å². The summed E-state index contributed by atoms with van der Waals surface area (Å²) < 4.78 is 0. The smallest absolute Gasteiger partial charge is 0.191 e. The van der Waals surface area contributed by atoms with Gasteiger partial charge in [0, 0.05) is 25.0 Å². The van der Waals surface area contributed by atoms with Gasteiger partial charge < -0.3 is 10.6 Å². The zero-order chi connectivity index (χ0) is 15.1. The first kappa shape index (κ1) is 15.6. The van der Waals surface area contributed by atoms with Gasteiger partial charge in [-0.15, -0.1) is 0 Å². The van der Waals surface area contributed by atoms with Gasteiger partial charge in [0.25, 0.3) is 0 Å². The first-order chi connectivity index (χ1) is 10.2. The number of hydrogen-bond donors (Lipinski definition) is 2. The topological polar surface area (TPSA) is 36.4 Å². The Kier molecular flexibility index (Phi) is 5.85. The third-order valence-corrected chi connectivity index (χ3v) is 3.86. The van der Waals surface area contributed by atoms with E-state index in [4.69, 9.17) is 4.99 Å². The van der Waals surface area contributed by atoms with Gasteiger partial charge in [-0.1, -0.05) is 48.9 Å². The lowest BCUT2D eigenvalue weighted by molar-refractivity contribution is 0.630. The summed E-state index contributed by atoms with van der Waals surface area (Å²) in [7, 11) is 0. The highest BCUT2D eigenvalue weighted by Crippen LogP contribution is 2.16. The van der Waals surface area contributed by atoms with E-state index in [9.17, 15) is 0 Å². The lowest BCUT2D eigenvalue weighted by Crippen LogP contribution is -2.42. The minimum Gasteiger partial charge on any atom is -0.357 e. The van der Waals surface area contributed by atoms with Crippen LogP contribution in [-0.4, -0.2) is 25.1 Å². The number of aliphatic imine (C=N–C) groups is 1. The van der Waals surface area contributed by atoms with Crippen LogP contribution in [-0.2, 0) is 0 Å². The Morgan fingerprint density at radius 2 is 1.90 bits per heavy atom. The van der Waals surface area contributed by atoms with Crippen molar-refractivity contribution in [3.63, 3.8) is 0 Å². The van der Waals surface area contributed by atoms with Gasteiger partial charge in [-0.25, -0.2) is 0 Å². The summed E-state index contributed by atoms with van der Waals surface area (Å²) in [5.41, 5.74) is 2.65. The van der Waals surface area contributed by atoms with Crippen LogP contribution in [0.5, 0.6) is 0 Å². The SMILES string of the molecule is CCNC(=NCC(C)c1ccc(C)cc1)NC1CC=CC1. The van der Waals surface area contributed by atoms with Crippen LogP contribution < -0.4 is 10.6 Å². The monoisotopic (exact) mass is 285 g/mol. The van der Waals surface area contributed by atoms with E-state index < -0.39 is 0 Å². The summed E-state index contributed by atoms with van der Waals surface area (Å²) in [6, 6.07) is 9.25. The van der Waals surface area contributed by atoms with Crippen LogP contribution in [0.15, 0.2) is 41.4 Å². The normalized spacial score (nSPS) is 17.0. The van der Waals surface area contributed by atoms with E-state index in [0.29, 0.717) is 12.0 Å². The fourth-order valence-electron chi connectivity index (χ4n) is 2.48. The fourth-order valence-corrected chi connectivity index (χ4v) is 2.48. The molecule has 1 unspecified atom stereocenters. The Balaban J connectivity index is 1.92. The molecular weight excluding hydrogens is 258 g/mol. The minimum atomic E-state index is 0.433. The number of guanidine groups is 1. The second-order valence-electron chi connectivity index (χ2n) is 5.82. The number of rotatable bonds is 5. The molecule has 0 aliphatic heterocycles. The van der Waals surface area contributed by atoms with Crippen LogP contribution in [0.4, 0.5) is 0 Å². The number of aryl methyl sites for hydroxylation is 1. The molecule has 0 fully saturated rings. The summed E-state index contributed by atoms with van der Waals surface area (Å²) in [4.78, 5) is 4.74. The van der Waals surface area contributed by atoms with Crippen molar-refractivity contribution < 1.29 is 0 Å². The molecule has 2 rings (SSSR count). The van der Waals surface area contributed by atoms with Crippen LogP contribution in [0.3, 0.4) is 0 Å². The second kappa shape index (κ2) is 7.87. The first-order valence-corrected chi connectivity index (χ1v) is 7.95. The Morgan fingerprint density at radius 1 is 1.24 bits per heavy atom. The van der Waals surface area contributed by atoms with Crippen molar-refractivity contribution in [2.45, 2.75) is 45.6 Å². The predicted molar refractivity (Wildman–Crippen MR) is 90.9 cm³/mol. The van der Waals surface area contributed by atoms with Crippen molar-refractivity contribution in [3.05, 3.63) is 47.5 Å². The zero-order valence-corrected chi connectivity index (χ0v) is 13.4. The van der Waals surface area contributed by atoms with Gasteiger partial charge in [0.15, 0.2) is 5.96 Å². The molecule has 0 saturated heterocycles. The van der Waals surface area contributed by atoms with Crippen LogP contribution in [0.1, 0.15) is 43.7 Å². The molecule has 114 valence electrons. The third kappa shape index (κ3) is 4.92. The number of nitrogens with zero attached hydrogens (tertiary/aromatic N) is 1. The van der Waals surface area contributed by atoms with Crippen LogP contribution in [0, 0.1) is 6.92 Å². The molecule has 1 aliphatic carbocycles. The molecule has 1 aliphatic rings. The van der Waals surface area contributed by atoms with Crippen LogP contribution in [0.25, 0.3) is 0 Å². The quantitative estimate of drug-likeness (QED) is 0.494. The standard InChI is InChI=1S/C18H27N3/c1-4-19-18(21-17-7-5-6-8-17)20-13-15(3)16-11-9-14(2)10-12-16/h5-6,9-12,15,17H,4,7-8,13H2,1-3H3,(H2,19,20,21). The van der Waals surface area contributed by atoms with Crippen molar-refractivity contribution in [2.24, 2.45) is 4.99 Å². The number of nitrogens with one attached hydrogen (secondary N) is 2. The molecule has 1 atom stereocenters. The molecule has 3 heteroatoms. The molecule has 1 aromatic carbocycles. The minimum absolute atomic E-state index is 0.433. The maximum Gasteiger partial charge on any atom is 0.191 e. The van der Waals surface area contributed by atoms with Gasteiger partial charge in [-0.2, -0.15) is 0 Å². The summed E-state index contributed by atoms with van der Waals surface area (Å²) in [6.07, 6.45) is 6.65. The number of benzene rings is 1. The van der Waals surface area contributed by atoms with E-state index in [1.165, 1.54) is 11.1 Å². The molecule has 1 aromatic rings. The van der Waals surface area contributed by atoms with Crippen LogP contribution in [0.2, 0.25) is 0 Å². The Bertz CT molecular complexity index is 480. The molecule has 21 heavy (non-hydrogen) atoms. The highest BCUT2D eigenvalue weighted by atomic mass is 15.2. The molecule has 0 bridgehead atoms. The van der Waals surface area contributed by atoms with E-state index in [1.807, 2.05) is 0 Å². The summed E-state index contributed by atoms with van der Waals surface area (Å²) >= 11 is 0. The molecule has 3 nitrogen and oxygen atoms in total. The van der Waals surface area contributed by atoms with E-state index in [0.717, 1.165) is 31.9 Å². The Morgan fingerprint density at radius 3 is 2.52 bits per heavy atom. The molecule has 0 saturated carbocycles.